The number of hydrogen-bond donors (Lipinski definition) is 3. The summed E-state index contributed by atoms with van der Waals surface area (Å²) in [5.74, 6) is 0.121. The number of rotatable bonds is 0. The van der Waals surface area contributed by atoms with Gasteiger partial charge >= 0.3 is 0 Å². The van der Waals surface area contributed by atoms with E-state index in [1.165, 1.54) is 0 Å². The second-order valence-electron chi connectivity index (χ2n) is 3.80. The molecule has 2 aromatic carbocycles. The van der Waals surface area contributed by atoms with Crippen molar-refractivity contribution in [2.75, 3.05) is 0 Å². The minimum atomic E-state index is -0.821. The Balaban J connectivity index is 0.000000149. The van der Waals surface area contributed by atoms with E-state index in [4.69, 9.17) is 5.11 Å². The summed E-state index contributed by atoms with van der Waals surface area (Å²) >= 11 is 0. The van der Waals surface area contributed by atoms with E-state index in [9.17, 15) is 9.90 Å². The van der Waals surface area contributed by atoms with Gasteiger partial charge < -0.3 is 15.5 Å². The van der Waals surface area contributed by atoms with E-state index in [2.05, 4.69) is 5.32 Å². The fourth-order valence-corrected chi connectivity index (χ4v) is 1.65. The lowest BCUT2D eigenvalue weighted by atomic mass is 10.1. The minimum Gasteiger partial charge on any atom is -0.508 e. The van der Waals surface area contributed by atoms with E-state index >= 15 is 0 Å². The number of hydrogen-bond acceptors (Lipinski definition) is 3. The summed E-state index contributed by atoms with van der Waals surface area (Å²) in [6.45, 7) is 0. The molecule has 1 unspecified atom stereocenters. The summed E-state index contributed by atoms with van der Waals surface area (Å²) < 4.78 is 0. The van der Waals surface area contributed by atoms with Gasteiger partial charge in [0, 0.05) is 11.1 Å². The zero-order valence-electron chi connectivity index (χ0n) is 9.58. The first kappa shape index (κ1) is 12.1. The normalized spacial score (nSPS) is 16.3. The largest absolute Gasteiger partial charge is 0.508 e. The van der Waals surface area contributed by atoms with Gasteiger partial charge in [0.05, 0.1) is 0 Å². The molecule has 0 bridgehead atoms. The van der Waals surface area contributed by atoms with E-state index in [-0.39, 0.29) is 5.91 Å². The molecule has 0 aromatic heterocycles. The van der Waals surface area contributed by atoms with Gasteiger partial charge in [0.1, 0.15) is 5.75 Å². The first-order valence-electron chi connectivity index (χ1n) is 5.50. The Morgan fingerprint density at radius 2 is 1.56 bits per heavy atom. The van der Waals surface area contributed by atoms with Crippen LogP contribution in [-0.4, -0.2) is 16.1 Å². The molecule has 0 saturated heterocycles. The van der Waals surface area contributed by atoms with Crippen molar-refractivity contribution in [3.63, 3.8) is 0 Å². The van der Waals surface area contributed by atoms with E-state index in [1.807, 2.05) is 6.07 Å². The van der Waals surface area contributed by atoms with Crippen LogP contribution in [0.25, 0.3) is 0 Å². The van der Waals surface area contributed by atoms with E-state index < -0.39 is 6.23 Å². The summed E-state index contributed by atoms with van der Waals surface area (Å²) in [5, 5.41) is 20.3. The van der Waals surface area contributed by atoms with Gasteiger partial charge in [-0.05, 0) is 18.2 Å². The highest BCUT2D eigenvalue weighted by atomic mass is 16.3. The van der Waals surface area contributed by atoms with Gasteiger partial charge in [-0.1, -0.05) is 36.4 Å². The monoisotopic (exact) mass is 243 g/mol. The summed E-state index contributed by atoms with van der Waals surface area (Å²) in [5.41, 5.74) is 1.23. The number of aliphatic hydroxyl groups is 1. The Morgan fingerprint density at radius 1 is 0.944 bits per heavy atom. The zero-order valence-corrected chi connectivity index (χ0v) is 9.58. The maximum atomic E-state index is 11.0. The topological polar surface area (TPSA) is 69.6 Å². The predicted octanol–water partition coefficient (Wildman–Crippen LogP) is 1.81. The van der Waals surface area contributed by atoms with Crippen LogP contribution in [0.15, 0.2) is 54.6 Å². The number of phenolic OH excluding ortho intramolecular Hbond substituents is 1. The highest BCUT2D eigenvalue weighted by Crippen LogP contribution is 2.21. The molecule has 2 aromatic rings. The average Bonchev–Trinajstić information content (AvgIpc) is 2.68. The molecular formula is C14H13NO3. The van der Waals surface area contributed by atoms with Gasteiger partial charge in [-0.15, -0.1) is 0 Å². The van der Waals surface area contributed by atoms with Crippen LogP contribution in [-0.2, 0) is 0 Å². The molecular weight excluding hydrogens is 230 g/mol. The Kier molecular flexibility index (Phi) is 3.60. The number of aliphatic hydroxyl groups excluding tert-OH is 1. The van der Waals surface area contributed by atoms with Crippen LogP contribution >= 0.6 is 0 Å². The highest BCUT2D eigenvalue weighted by molar-refractivity contribution is 5.98. The smallest absolute Gasteiger partial charge is 0.253 e. The molecule has 4 heteroatoms. The zero-order chi connectivity index (χ0) is 13.0. The molecule has 0 fully saturated rings. The van der Waals surface area contributed by atoms with Crippen LogP contribution in [0.5, 0.6) is 5.75 Å². The molecule has 18 heavy (non-hydrogen) atoms. The van der Waals surface area contributed by atoms with Crippen molar-refractivity contribution < 1.29 is 15.0 Å². The van der Waals surface area contributed by atoms with E-state index in [1.54, 1.807) is 48.5 Å². The molecule has 1 atom stereocenters. The number of amides is 1. The number of benzene rings is 2. The third-order valence-corrected chi connectivity index (χ3v) is 2.52. The molecule has 0 radical (unpaired) electrons. The van der Waals surface area contributed by atoms with Gasteiger partial charge in [0.15, 0.2) is 6.23 Å². The van der Waals surface area contributed by atoms with Gasteiger partial charge in [0.2, 0.25) is 0 Å². The van der Waals surface area contributed by atoms with Crippen LogP contribution in [0.3, 0.4) is 0 Å². The molecule has 1 aliphatic rings. The fourth-order valence-electron chi connectivity index (χ4n) is 1.65. The van der Waals surface area contributed by atoms with Crippen molar-refractivity contribution >= 4 is 5.91 Å². The molecule has 92 valence electrons. The molecule has 1 heterocycles. The first-order chi connectivity index (χ1) is 8.68. The lowest BCUT2D eigenvalue weighted by Gasteiger charge is -1.99. The number of aromatic hydroxyl groups is 1. The standard InChI is InChI=1S/C8H7NO2.C6H6O/c10-7-5-3-1-2-4-6(5)8(11)9-7;7-6-4-2-1-3-5-6/h1-4,7,10H,(H,9,11);1-5,7H. The predicted molar refractivity (Wildman–Crippen MR) is 67.0 cm³/mol. The van der Waals surface area contributed by atoms with Gasteiger partial charge in [0.25, 0.3) is 5.91 Å². The van der Waals surface area contributed by atoms with Gasteiger partial charge in [-0.3, -0.25) is 4.79 Å². The fraction of sp³-hybridized carbons (Fsp3) is 0.0714. The molecule has 0 saturated carbocycles. The lowest BCUT2D eigenvalue weighted by molar-refractivity contribution is 0.0850. The third kappa shape index (κ3) is 2.67. The van der Waals surface area contributed by atoms with Crippen LogP contribution in [0.4, 0.5) is 0 Å². The van der Waals surface area contributed by atoms with Crippen molar-refractivity contribution in [3.05, 3.63) is 65.7 Å². The highest BCUT2D eigenvalue weighted by Gasteiger charge is 2.25. The van der Waals surface area contributed by atoms with Gasteiger partial charge in [-0.2, -0.15) is 0 Å². The van der Waals surface area contributed by atoms with Gasteiger partial charge in [-0.25, -0.2) is 0 Å². The molecule has 1 amide bonds. The average molecular weight is 243 g/mol. The van der Waals surface area contributed by atoms with E-state index in [0.29, 0.717) is 16.9 Å². The van der Waals surface area contributed by atoms with Crippen LogP contribution in [0.2, 0.25) is 0 Å². The Hall–Kier alpha value is -2.33. The second kappa shape index (κ2) is 5.33. The SMILES string of the molecule is O=C1NC(O)c2ccccc21.Oc1ccccc1. The Bertz CT molecular complexity index is 540. The van der Waals surface area contributed by atoms with Crippen LogP contribution in [0, 0.1) is 0 Å². The van der Waals surface area contributed by atoms with Crippen molar-refractivity contribution in [2.45, 2.75) is 6.23 Å². The van der Waals surface area contributed by atoms with Crippen LogP contribution in [0.1, 0.15) is 22.1 Å². The minimum absolute atomic E-state index is 0.201. The summed E-state index contributed by atoms with van der Waals surface area (Å²) in [6.07, 6.45) is -0.821. The lowest BCUT2D eigenvalue weighted by Crippen LogP contribution is -2.17. The quantitative estimate of drug-likeness (QED) is 0.661. The van der Waals surface area contributed by atoms with Crippen LogP contribution < -0.4 is 5.32 Å². The maximum absolute atomic E-state index is 11.0. The number of carbonyl (C=O) groups excluding carboxylic acids is 1. The molecule has 0 spiro atoms. The number of para-hydroxylation sites is 1. The van der Waals surface area contributed by atoms with E-state index in [0.717, 1.165) is 0 Å². The van der Waals surface area contributed by atoms with Crippen molar-refractivity contribution in [1.29, 1.82) is 0 Å². The third-order valence-electron chi connectivity index (χ3n) is 2.52. The molecule has 3 rings (SSSR count). The molecule has 0 aliphatic carbocycles. The summed E-state index contributed by atoms with van der Waals surface area (Å²) in [4.78, 5) is 11.0. The summed E-state index contributed by atoms with van der Waals surface area (Å²) in [6, 6.07) is 15.7. The Morgan fingerprint density at radius 3 is 2.11 bits per heavy atom. The number of carbonyl (C=O) groups is 1. The first-order valence-corrected chi connectivity index (χ1v) is 5.50. The van der Waals surface area contributed by atoms with Crippen molar-refractivity contribution in [3.8, 4) is 5.75 Å². The number of fused-ring (bicyclic) bond motifs is 1. The Labute approximate surface area is 105 Å². The summed E-state index contributed by atoms with van der Waals surface area (Å²) in [7, 11) is 0. The molecule has 1 aliphatic heterocycles. The number of phenols is 1. The van der Waals surface area contributed by atoms with Crippen molar-refractivity contribution in [2.24, 2.45) is 0 Å². The molecule has 3 N–H and O–H groups in total. The second-order valence-corrected chi connectivity index (χ2v) is 3.80. The number of nitrogens with one attached hydrogen (secondary N) is 1. The van der Waals surface area contributed by atoms with Crippen molar-refractivity contribution in [1.82, 2.24) is 5.32 Å². The maximum Gasteiger partial charge on any atom is 0.253 e. The molecule has 4 nitrogen and oxygen atoms in total.